The van der Waals surface area contributed by atoms with Gasteiger partial charge in [-0.05, 0) is 99.2 Å². The number of rotatable bonds is 3. The van der Waals surface area contributed by atoms with Crippen LogP contribution in [0.15, 0.2) is 0 Å². The summed E-state index contributed by atoms with van der Waals surface area (Å²) in [6, 6.07) is -0.155. The number of carbonyl (C=O) groups excluding carboxylic acids is 2. The topological polar surface area (TPSA) is 52.6 Å². The molecule has 0 radical (unpaired) electrons. The highest BCUT2D eigenvalue weighted by atomic mass is 35.5. The van der Waals surface area contributed by atoms with E-state index in [2.05, 4.69) is 13.8 Å². The Bertz CT molecular complexity index is 636. The van der Waals surface area contributed by atoms with Crippen molar-refractivity contribution in [2.45, 2.75) is 84.7 Å². The third kappa shape index (κ3) is 3.18. The summed E-state index contributed by atoms with van der Waals surface area (Å²) in [6.45, 7) is 6.72. The molecular formula is C23H35ClO4. The van der Waals surface area contributed by atoms with Crippen molar-refractivity contribution >= 4 is 23.5 Å². The van der Waals surface area contributed by atoms with Crippen molar-refractivity contribution in [3.05, 3.63) is 0 Å². The Morgan fingerprint density at radius 1 is 0.964 bits per heavy atom. The first-order valence-corrected chi connectivity index (χ1v) is 11.7. The molecule has 8 atom stereocenters. The van der Waals surface area contributed by atoms with E-state index >= 15 is 0 Å². The van der Waals surface area contributed by atoms with E-state index in [1.54, 1.807) is 6.92 Å². The Kier molecular flexibility index (Phi) is 5.48. The van der Waals surface area contributed by atoms with Crippen LogP contribution in [0.2, 0.25) is 0 Å². The summed E-state index contributed by atoms with van der Waals surface area (Å²) >= 11 is 5.46. The number of Topliss-reactive ketones (excluding diaryl/α,β-unsaturated/α-hetero) is 1. The summed E-state index contributed by atoms with van der Waals surface area (Å²) in [7, 11) is 0. The highest BCUT2D eigenvalue weighted by Crippen LogP contribution is 2.67. The molecule has 0 N–H and O–H groups in total. The minimum atomic E-state index is -0.632. The molecule has 0 aliphatic heterocycles. The molecule has 4 aliphatic rings. The maximum atomic E-state index is 12.3. The van der Waals surface area contributed by atoms with Crippen LogP contribution in [0.3, 0.4) is 0 Å². The zero-order valence-corrected chi connectivity index (χ0v) is 18.3. The van der Waals surface area contributed by atoms with Crippen LogP contribution in [-0.2, 0) is 14.3 Å². The standard InChI is InChI=1S/C23H35ClO4/c1-14(25)18-6-7-19-17-5-4-15-12-16(28-21(26)27-13-24)8-10-22(15,2)20(17)9-11-23(18,19)3/h15-20H,4-13H2,1-3H3/t15-,16+,17-,18?,19-,20-,22?,23?/m0/s1. The zero-order valence-electron chi connectivity index (χ0n) is 17.5. The third-order valence-electron chi connectivity index (χ3n) is 9.54. The molecule has 0 aromatic carbocycles. The van der Waals surface area contributed by atoms with Crippen molar-refractivity contribution in [1.82, 2.24) is 0 Å². The van der Waals surface area contributed by atoms with Crippen molar-refractivity contribution in [2.24, 2.45) is 40.4 Å². The molecule has 4 rings (SSSR count). The van der Waals surface area contributed by atoms with Gasteiger partial charge in [-0.25, -0.2) is 4.79 Å². The van der Waals surface area contributed by atoms with Crippen LogP contribution in [0.1, 0.15) is 78.6 Å². The second-order valence-electron chi connectivity index (χ2n) is 10.5. The van der Waals surface area contributed by atoms with Gasteiger partial charge in [0.15, 0.2) is 6.07 Å². The van der Waals surface area contributed by atoms with Gasteiger partial charge in [-0.3, -0.25) is 4.79 Å². The second kappa shape index (κ2) is 7.49. The van der Waals surface area contributed by atoms with Gasteiger partial charge in [-0.15, -0.1) is 0 Å². The minimum Gasteiger partial charge on any atom is -0.431 e. The van der Waals surface area contributed by atoms with E-state index in [9.17, 15) is 9.59 Å². The molecule has 0 heterocycles. The number of carbonyl (C=O) groups is 2. The molecule has 0 amide bonds. The van der Waals surface area contributed by atoms with E-state index in [-0.39, 0.29) is 23.5 Å². The van der Waals surface area contributed by atoms with Gasteiger partial charge < -0.3 is 9.47 Å². The number of hydrogen-bond donors (Lipinski definition) is 0. The predicted molar refractivity (Wildman–Crippen MR) is 108 cm³/mol. The molecule has 0 aromatic heterocycles. The first-order valence-electron chi connectivity index (χ1n) is 11.2. The molecule has 3 unspecified atom stereocenters. The Labute approximate surface area is 174 Å². The molecular weight excluding hydrogens is 376 g/mol. The predicted octanol–water partition coefficient (Wildman–Crippen LogP) is 5.95. The van der Waals surface area contributed by atoms with Crippen molar-refractivity contribution in [3.8, 4) is 0 Å². The number of halogens is 1. The smallest absolute Gasteiger partial charge is 0.431 e. The number of hydrogen-bond acceptors (Lipinski definition) is 4. The van der Waals surface area contributed by atoms with Crippen LogP contribution in [0.5, 0.6) is 0 Å². The molecule has 0 bridgehead atoms. The monoisotopic (exact) mass is 410 g/mol. The summed E-state index contributed by atoms with van der Waals surface area (Å²) in [4.78, 5) is 23.9. The molecule has 5 heteroatoms. The molecule has 4 fully saturated rings. The Hall–Kier alpha value is -0.770. The summed E-state index contributed by atoms with van der Waals surface area (Å²) in [5.41, 5.74) is 0.566. The van der Waals surface area contributed by atoms with E-state index in [4.69, 9.17) is 21.1 Å². The normalized spacial score (nSPS) is 47.4. The molecule has 158 valence electrons. The van der Waals surface area contributed by atoms with E-state index in [0.29, 0.717) is 23.0 Å². The maximum absolute atomic E-state index is 12.3. The number of alkyl halides is 1. The molecule has 4 aliphatic carbocycles. The first-order chi connectivity index (χ1) is 13.3. The number of ketones is 1. The van der Waals surface area contributed by atoms with Gasteiger partial charge in [-0.2, -0.15) is 0 Å². The Morgan fingerprint density at radius 3 is 2.39 bits per heavy atom. The fourth-order valence-electron chi connectivity index (χ4n) is 8.21. The van der Waals surface area contributed by atoms with Crippen LogP contribution >= 0.6 is 11.6 Å². The third-order valence-corrected chi connectivity index (χ3v) is 9.65. The van der Waals surface area contributed by atoms with Gasteiger partial charge in [-0.1, -0.05) is 25.4 Å². The van der Waals surface area contributed by atoms with Crippen molar-refractivity contribution in [2.75, 3.05) is 6.07 Å². The molecule has 28 heavy (non-hydrogen) atoms. The van der Waals surface area contributed by atoms with Crippen LogP contribution in [-0.4, -0.2) is 24.1 Å². The lowest BCUT2D eigenvalue weighted by Gasteiger charge is -2.61. The maximum Gasteiger partial charge on any atom is 0.509 e. The highest BCUT2D eigenvalue weighted by Gasteiger charge is 2.60. The Morgan fingerprint density at radius 2 is 1.68 bits per heavy atom. The lowest BCUT2D eigenvalue weighted by Crippen LogP contribution is -2.54. The SMILES string of the molecule is CC(=O)C1CC[C@H]2[C@@H]3CC[C@H]4C[C@H](OC(=O)OCCl)CCC4(C)[C@H]3CCC12C. The molecule has 0 aromatic rings. The fourth-order valence-corrected chi connectivity index (χ4v) is 8.30. The average Bonchev–Trinajstić information content (AvgIpc) is 2.99. The van der Waals surface area contributed by atoms with Gasteiger partial charge in [0.1, 0.15) is 11.9 Å². The fraction of sp³-hybridized carbons (Fsp3) is 0.913. The van der Waals surface area contributed by atoms with Gasteiger partial charge in [0.2, 0.25) is 0 Å². The highest BCUT2D eigenvalue weighted by molar-refractivity contribution is 6.17. The lowest BCUT2D eigenvalue weighted by atomic mass is 9.44. The van der Waals surface area contributed by atoms with E-state index in [0.717, 1.165) is 37.5 Å². The summed E-state index contributed by atoms with van der Waals surface area (Å²) < 4.78 is 10.3. The van der Waals surface area contributed by atoms with Gasteiger partial charge >= 0.3 is 6.16 Å². The van der Waals surface area contributed by atoms with Gasteiger partial charge in [0.25, 0.3) is 0 Å². The molecule has 0 spiro atoms. The van der Waals surface area contributed by atoms with Gasteiger partial charge in [0, 0.05) is 5.92 Å². The van der Waals surface area contributed by atoms with E-state index < -0.39 is 6.16 Å². The minimum absolute atomic E-state index is 0.0345. The summed E-state index contributed by atoms with van der Waals surface area (Å²) in [5.74, 6) is 3.54. The van der Waals surface area contributed by atoms with Crippen molar-refractivity contribution < 1.29 is 19.1 Å². The lowest BCUT2D eigenvalue weighted by molar-refractivity contribution is -0.139. The molecule has 4 saturated carbocycles. The van der Waals surface area contributed by atoms with Crippen LogP contribution < -0.4 is 0 Å². The van der Waals surface area contributed by atoms with E-state index in [1.807, 2.05) is 0 Å². The van der Waals surface area contributed by atoms with Crippen molar-refractivity contribution in [3.63, 3.8) is 0 Å². The molecule has 0 saturated heterocycles. The first kappa shape index (κ1) is 20.5. The quantitative estimate of drug-likeness (QED) is 0.426. The number of fused-ring (bicyclic) bond motifs is 5. The van der Waals surface area contributed by atoms with Crippen LogP contribution in [0.25, 0.3) is 0 Å². The number of ether oxygens (including phenoxy) is 2. The van der Waals surface area contributed by atoms with E-state index in [1.165, 1.54) is 32.1 Å². The Balaban J connectivity index is 1.47. The van der Waals surface area contributed by atoms with Gasteiger partial charge in [0.05, 0.1) is 0 Å². The summed E-state index contributed by atoms with van der Waals surface area (Å²) in [5, 5.41) is 0. The molecule has 4 nitrogen and oxygen atoms in total. The second-order valence-corrected chi connectivity index (χ2v) is 10.7. The largest absolute Gasteiger partial charge is 0.509 e. The zero-order chi connectivity index (χ0) is 20.1. The van der Waals surface area contributed by atoms with Crippen LogP contribution in [0, 0.1) is 40.4 Å². The van der Waals surface area contributed by atoms with Crippen molar-refractivity contribution in [1.29, 1.82) is 0 Å². The van der Waals surface area contributed by atoms with Crippen LogP contribution in [0.4, 0.5) is 4.79 Å². The average molecular weight is 411 g/mol. The summed E-state index contributed by atoms with van der Waals surface area (Å²) in [6.07, 6.45) is 9.62.